The third-order valence-corrected chi connectivity index (χ3v) is 4.16. The average molecular weight is 377 g/mol. The summed E-state index contributed by atoms with van der Waals surface area (Å²) in [5.41, 5.74) is 1.06. The van der Waals surface area contributed by atoms with Gasteiger partial charge in [0.15, 0.2) is 0 Å². The molecule has 1 nitrogen and oxygen atoms in total. The number of thioether (sulfide) groups is 1. The Hall–Kier alpha value is -0.390. The van der Waals surface area contributed by atoms with Crippen molar-refractivity contribution in [2.45, 2.75) is 10.8 Å². The van der Waals surface area contributed by atoms with Crippen LogP contribution >= 0.6 is 43.6 Å². The maximum Gasteiger partial charge on any atom is 0.137 e. The zero-order valence-electron chi connectivity index (χ0n) is 8.66. The molecule has 0 N–H and O–H groups in total. The second-order valence-corrected chi connectivity index (χ2v) is 6.12. The van der Waals surface area contributed by atoms with Gasteiger partial charge in [-0.2, -0.15) is 0 Å². The highest BCUT2D eigenvalue weighted by Gasteiger charge is 2.02. The molecule has 0 amide bonds. The van der Waals surface area contributed by atoms with Crippen LogP contribution in [0.3, 0.4) is 0 Å². The van der Waals surface area contributed by atoms with Crippen molar-refractivity contribution in [3.8, 4) is 0 Å². The Kier molecular flexibility index (Phi) is 4.59. The first-order valence-electron chi connectivity index (χ1n) is 4.83. The molecule has 2 rings (SSSR count). The minimum absolute atomic E-state index is 0.236. The average Bonchev–Trinajstić information content (AvgIpc) is 2.33. The Morgan fingerprint density at radius 2 is 2.00 bits per heavy atom. The maximum absolute atomic E-state index is 13.0. The lowest BCUT2D eigenvalue weighted by atomic mass is 10.2. The molecule has 0 aliphatic carbocycles. The minimum atomic E-state index is -0.236. The Morgan fingerprint density at radius 3 is 2.65 bits per heavy atom. The molecule has 2 aromatic rings. The third kappa shape index (κ3) is 3.79. The molecular weight excluding hydrogens is 369 g/mol. The lowest BCUT2D eigenvalue weighted by Gasteiger charge is -2.03. The monoisotopic (exact) mass is 375 g/mol. The van der Waals surface area contributed by atoms with Crippen LogP contribution in [0.1, 0.15) is 5.56 Å². The van der Waals surface area contributed by atoms with Crippen molar-refractivity contribution in [2.75, 3.05) is 0 Å². The smallest absolute Gasteiger partial charge is 0.137 e. The zero-order chi connectivity index (χ0) is 12.3. The van der Waals surface area contributed by atoms with Crippen molar-refractivity contribution < 1.29 is 4.39 Å². The van der Waals surface area contributed by atoms with E-state index in [2.05, 4.69) is 36.8 Å². The van der Waals surface area contributed by atoms with E-state index in [9.17, 15) is 4.39 Å². The Bertz CT molecular complexity index is 516. The fraction of sp³-hybridized carbons (Fsp3) is 0.0833. The molecule has 88 valence electrons. The molecule has 1 aromatic carbocycles. The topological polar surface area (TPSA) is 12.9 Å². The first-order valence-corrected chi connectivity index (χ1v) is 7.40. The number of hydrogen-bond donors (Lipinski definition) is 0. The molecule has 0 saturated carbocycles. The summed E-state index contributed by atoms with van der Waals surface area (Å²) < 4.78 is 14.5. The summed E-state index contributed by atoms with van der Waals surface area (Å²) in [6.45, 7) is 0. The van der Waals surface area contributed by atoms with Crippen LogP contribution in [0.5, 0.6) is 0 Å². The number of aromatic nitrogens is 1. The van der Waals surface area contributed by atoms with Crippen molar-refractivity contribution in [1.82, 2.24) is 4.98 Å². The molecule has 0 atom stereocenters. The summed E-state index contributed by atoms with van der Waals surface area (Å²) in [6, 6.07) is 8.95. The summed E-state index contributed by atoms with van der Waals surface area (Å²) in [4.78, 5) is 4.26. The minimum Gasteiger partial charge on any atom is -0.249 e. The third-order valence-electron chi connectivity index (χ3n) is 2.07. The second kappa shape index (κ2) is 5.98. The van der Waals surface area contributed by atoms with Crippen LogP contribution in [0.4, 0.5) is 4.39 Å². The molecule has 1 heterocycles. The number of hydrogen-bond acceptors (Lipinski definition) is 2. The van der Waals surface area contributed by atoms with Crippen LogP contribution in [-0.2, 0) is 5.75 Å². The lowest BCUT2D eigenvalue weighted by Crippen LogP contribution is -1.85. The summed E-state index contributed by atoms with van der Waals surface area (Å²) in [5, 5.41) is 0.952. The van der Waals surface area contributed by atoms with E-state index >= 15 is 0 Å². The molecule has 0 aliphatic heterocycles. The summed E-state index contributed by atoms with van der Waals surface area (Å²) >= 11 is 8.14. The van der Waals surface area contributed by atoms with Crippen molar-refractivity contribution in [3.63, 3.8) is 0 Å². The van der Waals surface area contributed by atoms with E-state index in [1.165, 1.54) is 6.07 Å². The fourth-order valence-corrected chi connectivity index (χ4v) is 2.68. The fourth-order valence-electron chi connectivity index (χ4n) is 1.23. The van der Waals surface area contributed by atoms with Gasteiger partial charge in [0.2, 0.25) is 0 Å². The van der Waals surface area contributed by atoms with Crippen LogP contribution < -0.4 is 0 Å². The number of pyridine rings is 1. The van der Waals surface area contributed by atoms with Crippen molar-refractivity contribution in [1.29, 1.82) is 0 Å². The van der Waals surface area contributed by atoms with Gasteiger partial charge in [0, 0.05) is 16.4 Å². The molecule has 0 aliphatic rings. The molecule has 17 heavy (non-hydrogen) atoms. The molecule has 0 spiro atoms. The van der Waals surface area contributed by atoms with Gasteiger partial charge in [-0.1, -0.05) is 6.07 Å². The van der Waals surface area contributed by atoms with Gasteiger partial charge in [-0.25, -0.2) is 9.37 Å². The molecule has 5 heteroatoms. The van der Waals surface area contributed by atoms with Crippen molar-refractivity contribution in [3.05, 3.63) is 56.9 Å². The van der Waals surface area contributed by atoms with Gasteiger partial charge in [-0.3, -0.25) is 0 Å². The molecule has 0 radical (unpaired) electrons. The standard InChI is InChI=1S/C12H8Br2FNS/c13-9-2-4-12(16-6-9)17-7-8-1-3-11(15)10(14)5-8/h1-6H,7H2. The normalized spacial score (nSPS) is 10.5. The highest BCUT2D eigenvalue weighted by Crippen LogP contribution is 2.24. The second-order valence-electron chi connectivity index (χ2n) is 3.35. The maximum atomic E-state index is 13.0. The lowest BCUT2D eigenvalue weighted by molar-refractivity contribution is 0.620. The predicted molar refractivity (Wildman–Crippen MR) is 75.6 cm³/mol. The largest absolute Gasteiger partial charge is 0.249 e. The summed E-state index contributed by atoms with van der Waals surface area (Å²) in [5.74, 6) is 0.536. The van der Waals surface area contributed by atoms with Gasteiger partial charge in [0.05, 0.1) is 9.50 Å². The van der Waals surface area contributed by atoms with Crippen LogP contribution in [0.15, 0.2) is 50.5 Å². The van der Waals surface area contributed by atoms with Crippen LogP contribution in [0, 0.1) is 5.82 Å². The Labute approximate surface area is 120 Å². The van der Waals surface area contributed by atoms with E-state index < -0.39 is 0 Å². The molecular formula is C12H8Br2FNS. The van der Waals surface area contributed by atoms with E-state index in [0.717, 1.165) is 20.8 Å². The first-order chi connectivity index (χ1) is 8.15. The highest BCUT2D eigenvalue weighted by atomic mass is 79.9. The molecule has 0 unspecified atom stereocenters. The van der Waals surface area contributed by atoms with Gasteiger partial charge in [0.1, 0.15) is 5.82 Å². The predicted octanol–water partition coefficient (Wildman–Crippen LogP) is 5.04. The Morgan fingerprint density at radius 1 is 1.18 bits per heavy atom. The Balaban J connectivity index is 2.02. The van der Waals surface area contributed by atoms with Crippen LogP contribution in [0.2, 0.25) is 0 Å². The van der Waals surface area contributed by atoms with Gasteiger partial charge in [-0.15, -0.1) is 11.8 Å². The van der Waals surface area contributed by atoms with Crippen molar-refractivity contribution in [2.24, 2.45) is 0 Å². The summed E-state index contributed by atoms with van der Waals surface area (Å²) in [7, 11) is 0. The van der Waals surface area contributed by atoms with E-state index in [1.54, 1.807) is 30.1 Å². The van der Waals surface area contributed by atoms with E-state index in [1.807, 2.05) is 12.1 Å². The van der Waals surface area contributed by atoms with Gasteiger partial charge in [-0.05, 0) is 61.7 Å². The van der Waals surface area contributed by atoms with E-state index in [4.69, 9.17) is 0 Å². The molecule has 0 bridgehead atoms. The molecule has 0 saturated heterocycles. The SMILES string of the molecule is Fc1ccc(CSc2ccc(Br)cn2)cc1Br. The highest BCUT2D eigenvalue weighted by molar-refractivity contribution is 9.10. The number of rotatable bonds is 3. The quantitative estimate of drug-likeness (QED) is 0.696. The van der Waals surface area contributed by atoms with Gasteiger partial charge >= 0.3 is 0 Å². The number of halogens is 3. The molecule has 0 fully saturated rings. The van der Waals surface area contributed by atoms with Crippen LogP contribution in [0.25, 0.3) is 0 Å². The number of nitrogens with zero attached hydrogens (tertiary/aromatic N) is 1. The summed E-state index contributed by atoms with van der Waals surface area (Å²) in [6.07, 6.45) is 1.77. The van der Waals surface area contributed by atoms with Crippen LogP contribution in [-0.4, -0.2) is 4.98 Å². The first kappa shape index (κ1) is 13.1. The number of benzene rings is 1. The van der Waals surface area contributed by atoms with Crippen molar-refractivity contribution >= 4 is 43.6 Å². The zero-order valence-corrected chi connectivity index (χ0v) is 12.6. The van der Waals surface area contributed by atoms with E-state index in [-0.39, 0.29) is 5.82 Å². The molecule has 1 aromatic heterocycles. The van der Waals surface area contributed by atoms with Gasteiger partial charge < -0.3 is 0 Å². The van der Waals surface area contributed by atoms with E-state index in [0.29, 0.717) is 4.47 Å². The van der Waals surface area contributed by atoms with Gasteiger partial charge in [0.25, 0.3) is 0 Å².